The van der Waals surface area contributed by atoms with E-state index in [4.69, 9.17) is 11.6 Å². The zero-order valence-corrected chi connectivity index (χ0v) is 19.8. The number of benzene rings is 2. The maximum Gasteiger partial charge on any atom is 0.276 e. The van der Waals surface area contributed by atoms with Crippen molar-refractivity contribution in [3.63, 3.8) is 0 Å². The number of carbonyl (C=O) groups excluding carboxylic acids is 2. The maximum atomic E-state index is 13.3. The van der Waals surface area contributed by atoms with Crippen molar-refractivity contribution >= 4 is 23.3 Å². The largest absolute Gasteiger partial charge is 0.503 e. The summed E-state index contributed by atoms with van der Waals surface area (Å²) in [5.41, 5.74) is 4.49. The highest BCUT2D eigenvalue weighted by Crippen LogP contribution is 2.41. The minimum absolute atomic E-state index is 0.0647. The van der Waals surface area contributed by atoms with Gasteiger partial charge in [0.05, 0.1) is 12.7 Å². The number of carbonyl (C=O) groups is 2. The number of ketones is 1. The van der Waals surface area contributed by atoms with Crippen LogP contribution in [0.1, 0.15) is 42.1 Å². The number of amides is 1. The van der Waals surface area contributed by atoms with Crippen LogP contribution in [0.5, 0.6) is 0 Å². The van der Waals surface area contributed by atoms with Crippen LogP contribution in [0.3, 0.4) is 0 Å². The molecular weight excluding hydrogens is 438 g/mol. The standard InChI is InChI=1S/C26H28ClN3O3/c1-5-22(31)25(32)24-26(33)29(16(2)3)15-30(28(24)4)23-20-9-7-6-8-17(20)10-11-18-12-13-19(27)14-21(18)23/h5-9,12-14,16,23,32H,1,10-11,15H2,2-4H3/b25-24+. The molecule has 0 bridgehead atoms. The Morgan fingerprint density at radius 3 is 2.48 bits per heavy atom. The van der Waals surface area contributed by atoms with Crippen LogP contribution in [0.25, 0.3) is 0 Å². The molecule has 1 heterocycles. The minimum Gasteiger partial charge on any atom is -0.503 e. The SMILES string of the molecule is C=CC(=O)/C(O)=C1/C(=O)N(C(C)C)CN(C2c3ccccc3CCc3ccc(Cl)cc32)N1C. The van der Waals surface area contributed by atoms with E-state index in [1.165, 1.54) is 11.1 Å². The number of aliphatic hydroxyl groups excluding tert-OH is 1. The summed E-state index contributed by atoms with van der Waals surface area (Å²) in [6.07, 6.45) is 2.76. The quantitative estimate of drug-likeness (QED) is 0.535. The fourth-order valence-electron chi connectivity index (χ4n) is 4.67. The summed E-state index contributed by atoms with van der Waals surface area (Å²) >= 11 is 6.44. The fraction of sp³-hybridized carbons (Fsp3) is 0.308. The third-order valence-electron chi connectivity index (χ3n) is 6.45. The van der Waals surface area contributed by atoms with Crippen molar-refractivity contribution in [1.82, 2.24) is 14.9 Å². The highest BCUT2D eigenvalue weighted by Gasteiger charge is 2.42. The van der Waals surface area contributed by atoms with Gasteiger partial charge in [-0.1, -0.05) is 48.5 Å². The molecule has 0 saturated carbocycles. The van der Waals surface area contributed by atoms with Crippen molar-refractivity contribution in [2.45, 2.75) is 38.8 Å². The monoisotopic (exact) mass is 465 g/mol. The Labute approximate surface area is 199 Å². The molecule has 1 unspecified atom stereocenters. The highest BCUT2D eigenvalue weighted by atomic mass is 35.5. The van der Waals surface area contributed by atoms with Crippen molar-refractivity contribution in [2.24, 2.45) is 0 Å². The van der Waals surface area contributed by atoms with E-state index in [0.29, 0.717) is 5.02 Å². The first-order valence-corrected chi connectivity index (χ1v) is 11.4. The molecule has 6 nitrogen and oxygen atoms in total. The summed E-state index contributed by atoms with van der Waals surface area (Å²) in [5.74, 6) is -1.70. The predicted octanol–water partition coefficient (Wildman–Crippen LogP) is 4.41. The first-order valence-electron chi connectivity index (χ1n) is 11.0. The van der Waals surface area contributed by atoms with Gasteiger partial charge in [-0.2, -0.15) is 5.01 Å². The first kappa shape index (κ1) is 23.1. The molecule has 1 amide bonds. The van der Waals surface area contributed by atoms with Gasteiger partial charge in [0, 0.05) is 18.1 Å². The van der Waals surface area contributed by atoms with Crippen molar-refractivity contribution in [3.8, 4) is 0 Å². The van der Waals surface area contributed by atoms with Crippen LogP contribution in [0.4, 0.5) is 0 Å². The van der Waals surface area contributed by atoms with Gasteiger partial charge in [0.1, 0.15) is 0 Å². The lowest BCUT2D eigenvalue weighted by atomic mass is 9.93. The molecule has 172 valence electrons. The van der Waals surface area contributed by atoms with Gasteiger partial charge in [-0.05, 0) is 67.2 Å². The molecule has 4 rings (SSSR count). The summed E-state index contributed by atoms with van der Waals surface area (Å²) < 4.78 is 0. The Bertz CT molecular complexity index is 1160. The Balaban J connectivity index is 1.95. The maximum absolute atomic E-state index is 13.3. The van der Waals surface area contributed by atoms with Crippen molar-refractivity contribution in [1.29, 1.82) is 0 Å². The number of aliphatic hydroxyl groups is 1. The number of hydrogen-bond donors (Lipinski definition) is 1. The van der Waals surface area contributed by atoms with Gasteiger partial charge in [-0.3, -0.25) is 14.6 Å². The van der Waals surface area contributed by atoms with E-state index < -0.39 is 17.4 Å². The molecule has 1 aliphatic carbocycles. The Kier molecular flexibility index (Phi) is 6.32. The smallest absolute Gasteiger partial charge is 0.276 e. The normalized spacial score (nSPS) is 20.3. The van der Waals surface area contributed by atoms with Crippen LogP contribution in [0, 0.1) is 0 Å². The first-order chi connectivity index (χ1) is 15.7. The highest BCUT2D eigenvalue weighted by molar-refractivity contribution is 6.30. The van der Waals surface area contributed by atoms with E-state index in [9.17, 15) is 14.7 Å². The second kappa shape index (κ2) is 9.04. The summed E-state index contributed by atoms with van der Waals surface area (Å²) in [6.45, 7) is 7.57. The van der Waals surface area contributed by atoms with E-state index >= 15 is 0 Å². The number of allylic oxidation sites excluding steroid dienone is 1. The second-order valence-corrected chi connectivity index (χ2v) is 9.12. The van der Waals surface area contributed by atoms with Crippen LogP contribution >= 0.6 is 11.6 Å². The number of hydrogen-bond acceptors (Lipinski definition) is 5. The van der Waals surface area contributed by atoms with Gasteiger partial charge in [0.15, 0.2) is 11.5 Å². The van der Waals surface area contributed by atoms with E-state index in [1.54, 1.807) is 17.0 Å². The van der Waals surface area contributed by atoms with Crippen LogP contribution < -0.4 is 0 Å². The van der Waals surface area contributed by atoms with Gasteiger partial charge >= 0.3 is 0 Å². The molecule has 2 aromatic rings. The van der Waals surface area contributed by atoms with Crippen molar-refractivity contribution in [2.75, 3.05) is 13.7 Å². The zero-order chi connectivity index (χ0) is 23.9. The number of likely N-dealkylation sites (N-methyl/N-ethyl adjacent to an activating group) is 1. The number of halogens is 1. The van der Waals surface area contributed by atoms with Crippen LogP contribution in [-0.2, 0) is 22.4 Å². The van der Waals surface area contributed by atoms with E-state index in [1.807, 2.05) is 43.1 Å². The van der Waals surface area contributed by atoms with E-state index in [0.717, 1.165) is 30.0 Å². The van der Waals surface area contributed by atoms with Gasteiger partial charge in [-0.15, -0.1) is 0 Å². The molecule has 7 heteroatoms. The fourth-order valence-corrected chi connectivity index (χ4v) is 4.85. The number of rotatable bonds is 4. The zero-order valence-electron chi connectivity index (χ0n) is 19.1. The number of aryl methyl sites for hydroxylation is 2. The van der Waals surface area contributed by atoms with Gasteiger partial charge in [0.2, 0.25) is 5.78 Å². The molecule has 33 heavy (non-hydrogen) atoms. The average Bonchev–Trinajstić information content (AvgIpc) is 2.95. The van der Waals surface area contributed by atoms with Crippen molar-refractivity contribution in [3.05, 3.63) is 93.9 Å². The third-order valence-corrected chi connectivity index (χ3v) is 6.69. The van der Waals surface area contributed by atoms with Crippen LogP contribution in [0.2, 0.25) is 5.02 Å². The summed E-state index contributed by atoms with van der Waals surface area (Å²) in [5, 5.41) is 15.0. The molecule has 0 spiro atoms. The molecule has 1 fully saturated rings. The Hall–Kier alpha value is -3.09. The van der Waals surface area contributed by atoms with Crippen molar-refractivity contribution < 1.29 is 14.7 Å². The van der Waals surface area contributed by atoms with Gasteiger partial charge in [-0.25, -0.2) is 0 Å². The molecule has 1 saturated heterocycles. The molecule has 1 N–H and O–H groups in total. The average molecular weight is 466 g/mol. The third kappa shape index (κ3) is 4.05. The van der Waals surface area contributed by atoms with E-state index in [2.05, 4.69) is 24.8 Å². The topological polar surface area (TPSA) is 64.1 Å². The molecule has 0 radical (unpaired) electrons. The second-order valence-electron chi connectivity index (χ2n) is 8.68. The molecular formula is C26H28ClN3O3. The minimum atomic E-state index is -0.694. The lowest BCUT2D eigenvalue weighted by Gasteiger charge is -2.49. The molecule has 0 aromatic heterocycles. The summed E-state index contributed by atoms with van der Waals surface area (Å²) in [7, 11) is 1.70. The number of fused-ring (bicyclic) bond motifs is 2. The molecule has 1 atom stereocenters. The number of nitrogens with zero attached hydrogens (tertiary/aromatic N) is 3. The Morgan fingerprint density at radius 2 is 1.82 bits per heavy atom. The van der Waals surface area contributed by atoms with E-state index in [-0.39, 0.29) is 24.4 Å². The van der Waals surface area contributed by atoms with Gasteiger partial charge in [0.25, 0.3) is 5.91 Å². The lowest BCUT2D eigenvalue weighted by Crippen LogP contribution is -2.59. The molecule has 2 aromatic carbocycles. The summed E-state index contributed by atoms with van der Waals surface area (Å²) in [4.78, 5) is 27.3. The van der Waals surface area contributed by atoms with Gasteiger partial charge < -0.3 is 10.0 Å². The predicted molar refractivity (Wildman–Crippen MR) is 128 cm³/mol. The molecule has 2 aliphatic rings. The lowest BCUT2D eigenvalue weighted by molar-refractivity contribution is -0.155. The number of hydrazine groups is 1. The molecule has 1 aliphatic heterocycles. The van der Waals surface area contributed by atoms with Crippen LogP contribution in [-0.4, -0.2) is 51.5 Å². The summed E-state index contributed by atoms with van der Waals surface area (Å²) in [6, 6.07) is 13.8. The Morgan fingerprint density at radius 1 is 1.15 bits per heavy atom. The van der Waals surface area contributed by atoms with Crippen LogP contribution in [0.15, 0.2) is 66.6 Å².